The molecule has 2 aromatic heterocycles. The summed E-state index contributed by atoms with van der Waals surface area (Å²) in [4.78, 5) is 12.3. The summed E-state index contributed by atoms with van der Waals surface area (Å²) in [7, 11) is 0. The van der Waals surface area contributed by atoms with Crippen molar-refractivity contribution < 1.29 is 4.79 Å². The lowest BCUT2D eigenvalue weighted by molar-refractivity contribution is 0.102. The maximum Gasteiger partial charge on any atom is 0.173 e. The van der Waals surface area contributed by atoms with Gasteiger partial charge in [-0.05, 0) is 42.5 Å². The van der Waals surface area contributed by atoms with Gasteiger partial charge >= 0.3 is 0 Å². The maximum atomic E-state index is 12.3. The van der Waals surface area contributed by atoms with Crippen molar-refractivity contribution in [1.29, 1.82) is 0 Å². The molecular weight excluding hydrogens is 436 g/mol. The molecule has 0 saturated carbocycles. The lowest BCUT2D eigenvalue weighted by atomic mass is 10.1. The molecular formula is C21H15BrN4OS. The molecule has 2 heterocycles. The summed E-state index contributed by atoms with van der Waals surface area (Å²) in [5.41, 5.74) is 3.44. The molecule has 5 nitrogen and oxygen atoms in total. The third-order valence-electron chi connectivity index (χ3n) is 4.09. The minimum Gasteiger partial charge on any atom is -0.293 e. The molecule has 4 rings (SSSR count). The zero-order valence-electron chi connectivity index (χ0n) is 14.7. The monoisotopic (exact) mass is 450 g/mol. The van der Waals surface area contributed by atoms with Gasteiger partial charge in [-0.1, -0.05) is 52.0 Å². The Kier molecular flexibility index (Phi) is 5.64. The lowest BCUT2D eigenvalue weighted by Gasteiger charge is -2.05. The van der Waals surface area contributed by atoms with E-state index in [2.05, 4.69) is 31.2 Å². The number of hydrogen-bond donors (Lipinski definition) is 0. The second-order valence-electron chi connectivity index (χ2n) is 5.97. The molecule has 7 heteroatoms. The van der Waals surface area contributed by atoms with Crippen LogP contribution >= 0.6 is 27.7 Å². The zero-order valence-corrected chi connectivity index (χ0v) is 17.1. The number of carbonyl (C=O) groups excluding carboxylic acids is 1. The first kappa shape index (κ1) is 18.6. The van der Waals surface area contributed by atoms with Crippen LogP contribution in [0.1, 0.15) is 10.4 Å². The van der Waals surface area contributed by atoms with E-state index in [-0.39, 0.29) is 5.78 Å². The fourth-order valence-corrected chi connectivity index (χ4v) is 3.59. The molecule has 0 unspecified atom stereocenters. The van der Waals surface area contributed by atoms with E-state index in [1.54, 1.807) is 10.9 Å². The second kappa shape index (κ2) is 8.50. The van der Waals surface area contributed by atoms with Gasteiger partial charge < -0.3 is 0 Å². The molecule has 0 aliphatic heterocycles. The fourth-order valence-electron chi connectivity index (χ4n) is 2.62. The Balaban J connectivity index is 1.39. The van der Waals surface area contributed by atoms with Gasteiger partial charge in [0.25, 0.3) is 0 Å². The normalized spacial score (nSPS) is 10.8. The summed E-state index contributed by atoms with van der Waals surface area (Å²) < 4.78 is 2.76. The highest BCUT2D eigenvalue weighted by atomic mass is 79.9. The van der Waals surface area contributed by atoms with Crippen molar-refractivity contribution in [2.24, 2.45) is 0 Å². The predicted molar refractivity (Wildman–Crippen MR) is 114 cm³/mol. The number of aromatic nitrogens is 4. The van der Waals surface area contributed by atoms with Crippen LogP contribution in [0.4, 0.5) is 0 Å². The number of Topliss-reactive ketones (excluding diaryl/α,β-unsaturated/α-hetero) is 1. The molecule has 0 fully saturated rings. The van der Waals surface area contributed by atoms with Crippen molar-refractivity contribution in [3.8, 4) is 16.9 Å². The number of thioether (sulfide) groups is 1. The van der Waals surface area contributed by atoms with Crippen molar-refractivity contribution in [2.45, 2.75) is 5.03 Å². The quantitative estimate of drug-likeness (QED) is 0.303. The maximum absolute atomic E-state index is 12.3. The molecule has 2 aromatic carbocycles. The number of rotatable bonds is 6. The van der Waals surface area contributed by atoms with E-state index < -0.39 is 0 Å². The third-order valence-corrected chi connectivity index (χ3v) is 5.54. The topological polar surface area (TPSA) is 60.7 Å². The van der Waals surface area contributed by atoms with E-state index in [4.69, 9.17) is 0 Å². The molecule has 4 aromatic rings. The van der Waals surface area contributed by atoms with Gasteiger partial charge in [-0.2, -0.15) is 5.10 Å². The van der Waals surface area contributed by atoms with Crippen LogP contribution in [0.3, 0.4) is 0 Å². The molecule has 0 bridgehead atoms. The Morgan fingerprint density at radius 3 is 2.39 bits per heavy atom. The van der Waals surface area contributed by atoms with E-state index >= 15 is 0 Å². The molecule has 0 N–H and O–H groups in total. The van der Waals surface area contributed by atoms with Crippen LogP contribution in [-0.2, 0) is 0 Å². The van der Waals surface area contributed by atoms with Crippen LogP contribution in [0.5, 0.6) is 0 Å². The smallest absolute Gasteiger partial charge is 0.173 e. The van der Waals surface area contributed by atoms with Gasteiger partial charge in [0.15, 0.2) is 5.78 Å². The molecule has 0 radical (unpaired) electrons. The molecule has 28 heavy (non-hydrogen) atoms. The largest absolute Gasteiger partial charge is 0.293 e. The van der Waals surface area contributed by atoms with E-state index in [1.165, 1.54) is 11.8 Å². The number of halogens is 1. The molecule has 0 atom stereocenters. The molecule has 0 amide bonds. The Bertz CT molecular complexity index is 1060. The van der Waals surface area contributed by atoms with Crippen molar-refractivity contribution in [2.75, 3.05) is 5.75 Å². The molecule has 138 valence electrons. The third kappa shape index (κ3) is 4.37. The van der Waals surface area contributed by atoms with E-state index in [0.29, 0.717) is 11.3 Å². The highest BCUT2D eigenvalue weighted by molar-refractivity contribution is 9.10. The van der Waals surface area contributed by atoms with Gasteiger partial charge in [0, 0.05) is 28.0 Å². The summed E-state index contributed by atoms with van der Waals surface area (Å²) in [6, 6.07) is 21.0. The van der Waals surface area contributed by atoms with E-state index in [0.717, 1.165) is 26.4 Å². The minimum absolute atomic E-state index is 0.0672. The highest BCUT2D eigenvalue weighted by Gasteiger charge is 2.08. The van der Waals surface area contributed by atoms with Crippen molar-refractivity contribution in [3.63, 3.8) is 0 Å². The second-order valence-corrected chi connectivity index (χ2v) is 7.88. The van der Waals surface area contributed by atoms with Gasteiger partial charge in [-0.15, -0.1) is 10.2 Å². The first-order valence-corrected chi connectivity index (χ1v) is 10.3. The minimum atomic E-state index is 0.0672. The SMILES string of the molecule is O=C(CSc1ccc(-c2ccc(-n3cccn3)cc2)nn1)c1ccc(Br)cc1. The van der Waals surface area contributed by atoms with Gasteiger partial charge in [0.2, 0.25) is 0 Å². The van der Waals surface area contributed by atoms with Crippen LogP contribution in [0, 0.1) is 0 Å². The van der Waals surface area contributed by atoms with Crippen LogP contribution in [0.25, 0.3) is 16.9 Å². The zero-order chi connectivity index (χ0) is 19.3. The number of nitrogens with zero attached hydrogens (tertiary/aromatic N) is 4. The molecule has 0 aliphatic carbocycles. The highest BCUT2D eigenvalue weighted by Crippen LogP contribution is 2.22. The average Bonchev–Trinajstić information content (AvgIpc) is 3.28. The number of carbonyl (C=O) groups is 1. The number of hydrogen-bond acceptors (Lipinski definition) is 5. The Morgan fingerprint density at radius 1 is 0.964 bits per heavy atom. The van der Waals surface area contributed by atoms with Gasteiger partial charge in [0.05, 0.1) is 17.1 Å². The Labute approximate surface area is 174 Å². The number of benzene rings is 2. The van der Waals surface area contributed by atoms with Gasteiger partial charge in [-0.25, -0.2) is 4.68 Å². The van der Waals surface area contributed by atoms with Crippen LogP contribution < -0.4 is 0 Å². The molecule has 0 aliphatic rings. The van der Waals surface area contributed by atoms with Crippen LogP contribution in [0.2, 0.25) is 0 Å². The summed E-state index contributed by atoms with van der Waals surface area (Å²) in [6.07, 6.45) is 3.65. The van der Waals surface area contributed by atoms with Crippen LogP contribution in [0.15, 0.2) is 88.6 Å². The van der Waals surface area contributed by atoms with Gasteiger partial charge in [0.1, 0.15) is 5.03 Å². The standard InChI is InChI=1S/C21H15BrN4OS/c22-17-6-2-16(3-7-17)20(27)14-28-21-11-10-19(24-25-21)15-4-8-18(9-5-15)26-13-1-12-23-26/h1-13H,14H2. The summed E-state index contributed by atoms with van der Waals surface area (Å²) in [5.74, 6) is 0.395. The van der Waals surface area contributed by atoms with Crippen molar-refractivity contribution >= 4 is 33.5 Å². The van der Waals surface area contributed by atoms with Gasteiger partial charge in [-0.3, -0.25) is 4.79 Å². The lowest BCUT2D eigenvalue weighted by Crippen LogP contribution is -2.02. The van der Waals surface area contributed by atoms with E-state index in [9.17, 15) is 4.79 Å². The summed E-state index contributed by atoms with van der Waals surface area (Å²) >= 11 is 4.76. The Morgan fingerprint density at radius 2 is 1.75 bits per heavy atom. The summed E-state index contributed by atoms with van der Waals surface area (Å²) in [5, 5.41) is 13.5. The average molecular weight is 451 g/mol. The molecule has 0 saturated heterocycles. The summed E-state index contributed by atoms with van der Waals surface area (Å²) in [6.45, 7) is 0. The van der Waals surface area contributed by atoms with Crippen molar-refractivity contribution in [1.82, 2.24) is 20.0 Å². The first-order chi connectivity index (χ1) is 13.7. The Hall–Kier alpha value is -2.77. The van der Waals surface area contributed by atoms with Crippen LogP contribution in [-0.4, -0.2) is 31.5 Å². The molecule has 0 spiro atoms. The fraction of sp³-hybridized carbons (Fsp3) is 0.0476. The van der Waals surface area contributed by atoms with Crippen molar-refractivity contribution in [3.05, 3.63) is 89.2 Å². The number of ketones is 1. The predicted octanol–water partition coefficient (Wildman–Crippen LogP) is 5.07. The van der Waals surface area contributed by atoms with E-state index in [1.807, 2.05) is 72.9 Å². The first-order valence-electron chi connectivity index (χ1n) is 8.55.